The molecule has 202 valence electrons. The molecule has 0 aliphatic carbocycles. The monoisotopic (exact) mass is 534 g/mol. The van der Waals surface area contributed by atoms with Gasteiger partial charge >= 0.3 is 0 Å². The molecule has 2 aliphatic rings. The zero-order valence-corrected chi connectivity index (χ0v) is 21.8. The van der Waals surface area contributed by atoms with Crippen LogP contribution in [0.15, 0.2) is 36.7 Å². The molecule has 10 nitrogen and oxygen atoms in total. The fraction of sp³-hybridized carbons (Fsp3) is 0.370. The van der Waals surface area contributed by atoms with Crippen LogP contribution in [0.1, 0.15) is 36.1 Å². The van der Waals surface area contributed by atoms with Crippen molar-refractivity contribution < 1.29 is 18.3 Å². The van der Waals surface area contributed by atoms with E-state index in [0.29, 0.717) is 42.4 Å². The largest absolute Gasteiger partial charge is 0.373 e. The van der Waals surface area contributed by atoms with E-state index >= 15 is 0 Å². The number of likely N-dealkylation sites (tertiary alicyclic amines) is 1. The molecule has 1 amide bonds. The van der Waals surface area contributed by atoms with Gasteiger partial charge in [0.25, 0.3) is 5.91 Å². The summed E-state index contributed by atoms with van der Waals surface area (Å²) in [6, 6.07) is 6.39. The van der Waals surface area contributed by atoms with Crippen molar-refractivity contribution in [1.29, 1.82) is 0 Å². The van der Waals surface area contributed by atoms with Crippen molar-refractivity contribution in [3.63, 3.8) is 0 Å². The van der Waals surface area contributed by atoms with E-state index < -0.39 is 11.6 Å². The smallest absolute Gasteiger partial charge is 0.255 e. The minimum absolute atomic E-state index is 0.00515. The molecule has 0 spiro atoms. The Labute approximate surface area is 223 Å². The number of hydrogen-bond acceptors (Lipinski definition) is 8. The zero-order valence-electron chi connectivity index (χ0n) is 21.8. The Hall–Kier alpha value is -4.03. The van der Waals surface area contributed by atoms with Crippen LogP contribution in [0, 0.1) is 18.6 Å². The van der Waals surface area contributed by atoms with E-state index in [2.05, 4.69) is 30.6 Å². The van der Waals surface area contributed by atoms with Gasteiger partial charge in [-0.1, -0.05) is 0 Å². The highest BCUT2D eigenvalue weighted by Gasteiger charge is 2.37. The number of imidazole rings is 1. The molecule has 3 aromatic heterocycles. The van der Waals surface area contributed by atoms with Gasteiger partial charge in [0, 0.05) is 37.4 Å². The lowest BCUT2D eigenvalue weighted by atomic mass is 10.1. The standard InChI is InChI=1S/C27H28F2N8O2/c1-14(2)37-15(3)33-25-18(28)8-17(9-21(25)37)24-19(29)11-32-27(35-24)34-23-5-4-16(10-31-23)26(38)36-12-20-22(13-36)39-7-6-30-20/h4-5,8-11,14,20,22,30H,6-7,12-13H2,1-3H3,(H,31,32,34,35). The third-order valence-electron chi connectivity index (χ3n) is 7.10. The van der Waals surface area contributed by atoms with E-state index in [1.807, 2.05) is 18.4 Å². The van der Waals surface area contributed by atoms with Gasteiger partial charge in [0.15, 0.2) is 11.6 Å². The summed E-state index contributed by atoms with van der Waals surface area (Å²) in [5.41, 5.74) is 1.45. The van der Waals surface area contributed by atoms with Gasteiger partial charge in [-0.3, -0.25) is 4.79 Å². The highest BCUT2D eigenvalue weighted by Crippen LogP contribution is 2.30. The average Bonchev–Trinajstić information content (AvgIpc) is 3.51. The number of aryl methyl sites for hydroxylation is 1. The molecule has 2 aliphatic heterocycles. The number of morpholine rings is 1. The van der Waals surface area contributed by atoms with E-state index in [1.165, 1.54) is 12.3 Å². The number of pyridine rings is 1. The Morgan fingerprint density at radius 2 is 1.97 bits per heavy atom. The molecule has 0 saturated carbocycles. The van der Waals surface area contributed by atoms with E-state index in [1.54, 1.807) is 30.0 Å². The first-order valence-corrected chi connectivity index (χ1v) is 12.9. The average molecular weight is 535 g/mol. The van der Waals surface area contributed by atoms with Crippen molar-refractivity contribution in [2.45, 2.75) is 39.0 Å². The number of nitrogens with one attached hydrogen (secondary N) is 2. The molecule has 39 heavy (non-hydrogen) atoms. The maximum Gasteiger partial charge on any atom is 0.255 e. The Morgan fingerprint density at radius 3 is 2.72 bits per heavy atom. The number of halogens is 2. The molecular formula is C27H28F2N8O2. The van der Waals surface area contributed by atoms with E-state index in [0.717, 1.165) is 12.7 Å². The van der Waals surface area contributed by atoms with Crippen LogP contribution in [0.5, 0.6) is 0 Å². The second-order valence-electron chi connectivity index (χ2n) is 10.1. The number of fused-ring (bicyclic) bond motifs is 2. The first kappa shape index (κ1) is 25.3. The van der Waals surface area contributed by atoms with Gasteiger partial charge in [-0.2, -0.15) is 0 Å². The van der Waals surface area contributed by atoms with Gasteiger partial charge in [-0.05, 0) is 45.0 Å². The van der Waals surface area contributed by atoms with Crippen LogP contribution in [-0.4, -0.2) is 73.7 Å². The number of ether oxygens (including phenoxy) is 1. The summed E-state index contributed by atoms with van der Waals surface area (Å²) in [4.78, 5) is 31.7. The van der Waals surface area contributed by atoms with Crippen molar-refractivity contribution in [3.05, 3.63) is 59.7 Å². The van der Waals surface area contributed by atoms with Gasteiger partial charge in [0.2, 0.25) is 5.95 Å². The predicted octanol–water partition coefficient (Wildman–Crippen LogP) is 3.61. The highest BCUT2D eigenvalue weighted by atomic mass is 19.1. The van der Waals surface area contributed by atoms with Crippen LogP contribution in [0.3, 0.4) is 0 Å². The number of carbonyl (C=O) groups is 1. The van der Waals surface area contributed by atoms with Crippen molar-refractivity contribution in [2.24, 2.45) is 0 Å². The number of benzene rings is 1. The molecule has 6 rings (SSSR count). The number of anilines is 2. The molecule has 4 aromatic rings. The fourth-order valence-electron chi connectivity index (χ4n) is 5.34. The molecule has 2 N–H and O–H groups in total. The number of carbonyl (C=O) groups excluding carboxylic acids is 1. The Balaban J connectivity index is 1.22. The topological polar surface area (TPSA) is 110 Å². The third-order valence-corrected chi connectivity index (χ3v) is 7.10. The molecule has 0 bridgehead atoms. The Kier molecular flexibility index (Phi) is 6.43. The van der Waals surface area contributed by atoms with Crippen molar-refractivity contribution in [2.75, 3.05) is 31.6 Å². The first-order valence-electron chi connectivity index (χ1n) is 12.9. The van der Waals surface area contributed by atoms with Crippen LogP contribution in [-0.2, 0) is 4.74 Å². The third kappa shape index (κ3) is 4.70. The van der Waals surface area contributed by atoms with Gasteiger partial charge < -0.3 is 24.8 Å². The molecule has 2 atom stereocenters. The first-order chi connectivity index (χ1) is 18.8. The number of amides is 1. The minimum Gasteiger partial charge on any atom is -0.373 e. The van der Waals surface area contributed by atoms with Crippen LogP contribution >= 0.6 is 0 Å². The van der Waals surface area contributed by atoms with E-state index in [-0.39, 0.29) is 46.8 Å². The molecule has 2 saturated heterocycles. The van der Waals surface area contributed by atoms with Crippen LogP contribution in [0.2, 0.25) is 0 Å². The second kappa shape index (κ2) is 9.93. The van der Waals surface area contributed by atoms with Crippen molar-refractivity contribution >= 4 is 28.7 Å². The van der Waals surface area contributed by atoms with Crippen LogP contribution in [0.4, 0.5) is 20.5 Å². The quantitative estimate of drug-likeness (QED) is 0.400. The number of aromatic nitrogens is 5. The number of nitrogens with zero attached hydrogens (tertiary/aromatic N) is 6. The lowest BCUT2D eigenvalue weighted by molar-refractivity contribution is 0.0176. The van der Waals surface area contributed by atoms with Crippen LogP contribution < -0.4 is 10.6 Å². The van der Waals surface area contributed by atoms with E-state index in [4.69, 9.17) is 4.74 Å². The summed E-state index contributed by atoms with van der Waals surface area (Å²) in [5.74, 6) is -0.243. The van der Waals surface area contributed by atoms with Gasteiger partial charge in [-0.15, -0.1) is 0 Å². The highest BCUT2D eigenvalue weighted by molar-refractivity contribution is 5.94. The maximum atomic E-state index is 15.0. The Morgan fingerprint density at radius 1 is 1.13 bits per heavy atom. The van der Waals surface area contributed by atoms with Gasteiger partial charge in [-0.25, -0.2) is 28.7 Å². The summed E-state index contributed by atoms with van der Waals surface area (Å²) in [5, 5.41) is 6.32. The molecular weight excluding hydrogens is 506 g/mol. The summed E-state index contributed by atoms with van der Waals surface area (Å²) in [6.07, 6.45) is 2.51. The Bertz CT molecular complexity index is 1540. The number of hydrogen-bond donors (Lipinski definition) is 2. The summed E-state index contributed by atoms with van der Waals surface area (Å²) in [7, 11) is 0. The normalized spacial score (nSPS) is 19.1. The van der Waals surface area contributed by atoms with Crippen molar-refractivity contribution in [1.82, 2.24) is 34.7 Å². The maximum absolute atomic E-state index is 15.0. The summed E-state index contributed by atoms with van der Waals surface area (Å²) < 4.78 is 37.4. The predicted molar refractivity (Wildman–Crippen MR) is 141 cm³/mol. The second-order valence-corrected chi connectivity index (χ2v) is 10.1. The molecule has 2 unspecified atom stereocenters. The summed E-state index contributed by atoms with van der Waals surface area (Å²) in [6.45, 7) is 8.30. The lowest BCUT2D eigenvalue weighted by Crippen LogP contribution is -2.47. The molecule has 1 aromatic carbocycles. The van der Waals surface area contributed by atoms with E-state index in [9.17, 15) is 13.6 Å². The molecule has 0 radical (unpaired) electrons. The summed E-state index contributed by atoms with van der Waals surface area (Å²) >= 11 is 0. The van der Waals surface area contributed by atoms with Crippen LogP contribution in [0.25, 0.3) is 22.3 Å². The number of rotatable bonds is 5. The zero-order chi connectivity index (χ0) is 27.3. The molecule has 12 heteroatoms. The molecule has 5 heterocycles. The van der Waals surface area contributed by atoms with Gasteiger partial charge in [0.05, 0.1) is 36.0 Å². The van der Waals surface area contributed by atoms with Gasteiger partial charge in [0.1, 0.15) is 22.9 Å². The lowest BCUT2D eigenvalue weighted by Gasteiger charge is -2.25. The SMILES string of the molecule is Cc1nc2c(F)cc(-c3nc(Nc4ccc(C(=O)N5CC6NCCOC6C5)cn4)ncc3F)cc2n1C(C)C. The fourth-order valence-corrected chi connectivity index (χ4v) is 5.34. The van der Waals surface area contributed by atoms with Crippen molar-refractivity contribution in [3.8, 4) is 11.3 Å². The minimum atomic E-state index is -0.690. The molecule has 2 fully saturated rings.